The molecule has 1 aliphatic rings. The maximum atomic E-state index is 12.4. The van der Waals surface area contributed by atoms with Gasteiger partial charge in [-0.15, -0.1) is 0 Å². The highest BCUT2D eigenvalue weighted by Gasteiger charge is 2.51. The van der Waals surface area contributed by atoms with Crippen molar-refractivity contribution in [2.24, 2.45) is 0 Å². The molecule has 1 fully saturated rings. The van der Waals surface area contributed by atoms with E-state index in [1.54, 1.807) is 36.3 Å². The van der Waals surface area contributed by atoms with Crippen molar-refractivity contribution < 1.29 is 19.4 Å². The van der Waals surface area contributed by atoms with E-state index in [-0.39, 0.29) is 12.3 Å². The van der Waals surface area contributed by atoms with Crippen LogP contribution in [0.25, 0.3) is 0 Å². The number of β-lactam (4-membered cyclic amide) rings is 1. The Kier molecular flexibility index (Phi) is 5.57. The smallest absolute Gasteiger partial charge is 0.258 e. The molecule has 0 bridgehead atoms. The van der Waals surface area contributed by atoms with Gasteiger partial charge in [0.25, 0.3) is 5.91 Å². The molecule has 0 aliphatic carbocycles. The predicted molar refractivity (Wildman–Crippen MR) is 99.0 cm³/mol. The Hall–Kier alpha value is -2.81. The first kappa shape index (κ1) is 18.0. The molecule has 0 unspecified atom stereocenters. The van der Waals surface area contributed by atoms with E-state index in [0.717, 1.165) is 5.56 Å². The fourth-order valence-corrected chi connectivity index (χ4v) is 3.04. The van der Waals surface area contributed by atoms with Gasteiger partial charge in [0.15, 0.2) is 6.10 Å². The lowest BCUT2D eigenvalue weighted by molar-refractivity contribution is -0.143. The Balaban J connectivity index is 1.74. The van der Waals surface area contributed by atoms with Gasteiger partial charge in [-0.3, -0.25) is 4.79 Å². The number of carbonyl (C=O) groups excluding carboxylic acids is 1. The maximum absolute atomic E-state index is 12.4. The van der Waals surface area contributed by atoms with Crippen molar-refractivity contribution in [3.63, 3.8) is 0 Å². The van der Waals surface area contributed by atoms with Crippen LogP contribution in [0.1, 0.15) is 12.0 Å². The molecule has 1 amide bonds. The van der Waals surface area contributed by atoms with Crippen molar-refractivity contribution in [2.45, 2.75) is 24.7 Å². The van der Waals surface area contributed by atoms with Gasteiger partial charge in [-0.2, -0.15) is 0 Å². The van der Waals surface area contributed by atoms with E-state index in [4.69, 9.17) is 9.47 Å². The van der Waals surface area contributed by atoms with Crippen molar-refractivity contribution in [3.8, 4) is 17.6 Å². The van der Waals surface area contributed by atoms with Crippen LogP contribution in [0.15, 0.2) is 54.6 Å². The van der Waals surface area contributed by atoms with Gasteiger partial charge in [0.1, 0.15) is 5.75 Å². The van der Waals surface area contributed by atoms with Crippen LogP contribution in [0.4, 0.5) is 5.69 Å². The van der Waals surface area contributed by atoms with Crippen LogP contribution in [0, 0.1) is 11.8 Å². The molecule has 0 radical (unpaired) electrons. The average molecular weight is 351 g/mol. The topological polar surface area (TPSA) is 59.0 Å². The van der Waals surface area contributed by atoms with Gasteiger partial charge in [-0.1, -0.05) is 30.0 Å². The summed E-state index contributed by atoms with van der Waals surface area (Å²) >= 11 is 0. The second kappa shape index (κ2) is 8.05. The number of ether oxygens (including phenoxy) is 2. The first-order chi connectivity index (χ1) is 12.7. The minimum atomic E-state index is -0.809. The summed E-state index contributed by atoms with van der Waals surface area (Å²) in [5, 5.41) is 10.6. The summed E-state index contributed by atoms with van der Waals surface area (Å²) in [6.07, 6.45) is -1.22. The molecule has 2 aromatic rings. The SMILES string of the molecule is COc1ccc(N2C(=O)[C@H](OC)[C@@H]2[C@H](O)CC#Cc2ccccc2)cc1. The van der Waals surface area contributed by atoms with Crippen molar-refractivity contribution in [1.29, 1.82) is 0 Å². The van der Waals surface area contributed by atoms with Gasteiger partial charge < -0.3 is 19.5 Å². The lowest BCUT2D eigenvalue weighted by atomic mass is 9.90. The zero-order chi connectivity index (χ0) is 18.5. The lowest BCUT2D eigenvalue weighted by Crippen LogP contribution is -2.70. The molecule has 0 saturated carbocycles. The van der Waals surface area contributed by atoms with Crippen molar-refractivity contribution in [1.82, 2.24) is 0 Å². The van der Waals surface area contributed by atoms with Gasteiger partial charge in [0.2, 0.25) is 0 Å². The summed E-state index contributed by atoms with van der Waals surface area (Å²) in [6, 6.07) is 16.2. The third-order valence-electron chi connectivity index (χ3n) is 4.41. The first-order valence-electron chi connectivity index (χ1n) is 8.37. The number of hydrogen-bond acceptors (Lipinski definition) is 4. The number of carbonyl (C=O) groups is 1. The zero-order valence-electron chi connectivity index (χ0n) is 14.8. The van der Waals surface area contributed by atoms with Gasteiger partial charge in [0.05, 0.1) is 19.3 Å². The summed E-state index contributed by atoms with van der Waals surface area (Å²) in [4.78, 5) is 13.9. The number of hydrogen-bond donors (Lipinski definition) is 1. The number of rotatable bonds is 5. The van der Waals surface area contributed by atoms with E-state index in [2.05, 4.69) is 11.8 Å². The van der Waals surface area contributed by atoms with Gasteiger partial charge in [0, 0.05) is 24.8 Å². The van der Waals surface area contributed by atoms with Crippen LogP contribution < -0.4 is 9.64 Å². The van der Waals surface area contributed by atoms with Gasteiger partial charge in [-0.05, 0) is 36.4 Å². The number of methoxy groups -OCH3 is 2. The van der Waals surface area contributed by atoms with Crippen LogP contribution in [-0.2, 0) is 9.53 Å². The Morgan fingerprint density at radius 3 is 2.42 bits per heavy atom. The largest absolute Gasteiger partial charge is 0.497 e. The molecule has 5 nitrogen and oxygen atoms in total. The fraction of sp³-hybridized carbons (Fsp3) is 0.286. The lowest BCUT2D eigenvalue weighted by Gasteiger charge is -2.47. The monoisotopic (exact) mass is 351 g/mol. The second-order valence-corrected chi connectivity index (χ2v) is 5.99. The Morgan fingerprint density at radius 1 is 1.12 bits per heavy atom. The highest BCUT2D eigenvalue weighted by molar-refractivity contribution is 6.05. The molecule has 1 aliphatic heterocycles. The van der Waals surface area contributed by atoms with E-state index in [1.807, 2.05) is 30.3 Å². The number of benzene rings is 2. The molecule has 1 saturated heterocycles. The van der Waals surface area contributed by atoms with Crippen LogP contribution in [-0.4, -0.2) is 43.5 Å². The number of amides is 1. The molecule has 2 aromatic carbocycles. The van der Waals surface area contributed by atoms with Gasteiger partial charge >= 0.3 is 0 Å². The summed E-state index contributed by atoms with van der Waals surface area (Å²) < 4.78 is 10.4. The normalized spacial score (nSPS) is 20.0. The second-order valence-electron chi connectivity index (χ2n) is 5.99. The van der Waals surface area contributed by atoms with Crippen molar-refractivity contribution in [3.05, 3.63) is 60.2 Å². The zero-order valence-corrected chi connectivity index (χ0v) is 14.8. The van der Waals surface area contributed by atoms with Crippen LogP contribution in [0.2, 0.25) is 0 Å². The molecule has 0 spiro atoms. The first-order valence-corrected chi connectivity index (χ1v) is 8.37. The van der Waals surface area contributed by atoms with Crippen LogP contribution in [0.5, 0.6) is 5.75 Å². The minimum Gasteiger partial charge on any atom is -0.497 e. The summed E-state index contributed by atoms with van der Waals surface area (Å²) in [5.41, 5.74) is 1.59. The highest BCUT2D eigenvalue weighted by Crippen LogP contribution is 2.33. The number of anilines is 1. The molecule has 134 valence electrons. The number of aliphatic hydroxyl groups excluding tert-OH is 1. The molecule has 5 heteroatoms. The molecular formula is C21H21NO4. The number of aliphatic hydroxyl groups is 1. The minimum absolute atomic E-state index is 0.169. The quantitative estimate of drug-likeness (QED) is 0.663. The Bertz CT molecular complexity index is 807. The number of nitrogens with zero attached hydrogens (tertiary/aromatic N) is 1. The van der Waals surface area contributed by atoms with Crippen LogP contribution in [0.3, 0.4) is 0 Å². The standard InChI is InChI=1S/C21H21NO4/c1-25-17-13-11-16(12-14-17)22-19(20(26-2)21(22)24)18(23)10-6-9-15-7-4-3-5-8-15/h3-5,7-8,11-14,18-20,23H,10H2,1-2H3/t18-,19+,20-/m1/s1. The summed E-state index contributed by atoms with van der Waals surface area (Å²) in [5.74, 6) is 6.54. The molecule has 1 N–H and O–H groups in total. The van der Waals surface area contributed by atoms with E-state index >= 15 is 0 Å². The molecule has 3 atom stereocenters. The molecule has 1 heterocycles. The average Bonchev–Trinajstić information content (AvgIpc) is 2.67. The maximum Gasteiger partial charge on any atom is 0.258 e. The van der Waals surface area contributed by atoms with Crippen molar-refractivity contribution in [2.75, 3.05) is 19.1 Å². The van der Waals surface area contributed by atoms with Crippen LogP contribution >= 0.6 is 0 Å². The van der Waals surface area contributed by atoms with E-state index in [0.29, 0.717) is 11.4 Å². The summed E-state index contributed by atoms with van der Waals surface area (Å²) in [6.45, 7) is 0. The molecule has 3 rings (SSSR count). The third-order valence-corrected chi connectivity index (χ3v) is 4.41. The molecular weight excluding hydrogens is 330 g/mol. The van der Waals surface area contributed by atoms with Gasteiger partial charge in [-0.25, -0.2) is 0 Å². The third kappa shape index (κ3) is 3.57. The Labute approximate surface area is 153 Å². The Morgan fingerprint density at radius 2 is 1.81 bits per heavy atom. The predicted octanol–water partition coefficient (Wildman–Crippen LogP) is 2.23. The van der Waals surface area contributed by atoms with Crippen molar-refractivity contribution >= 4 is 11.6 Å². The molecule has 0 aromatic heterocycles. The summed E-state index contributed by atoms with van der Waals surface area (Å²) in [7, 11) is 3.06. The highest BCUT2D eigenvalue weighted by atomic mass is 16.5. The van der Waals surface area contributed by atoms with E-state index < -0.39 is 18.2 Å². The molecule has 26 heavy (non-hydrogen) atoms. The fourth-order valence-electron chi connectivity index (χ4n) is 3.04. The van der Waals surface area contributed by atoms with E-state index in [9.17, 15) is 9.90 Å². The van der Waals surface area contributed by atoms with E-state index in [1.165, 1.54) is 7.11 Å².